The normalized spacial score (nSPS) is 12.0. The zero-order valence-corrected chi connectivity index (χ0v) is 11.9. The van der Waals surface area contributed by atoms with Crippen molar-refractivity contribution in [3.63, 3.8) is 0 Å². The standard InChI is InChI=1S/C15H17NO6/c1-2-22-15(21)11(7-9-3-5-10(17)6-4-9)16-13(19)8-12(18)14(16)20/h3-6,8,11,17-20H,2,7H2,1H3/t11-/m0/s1. The molecule has 0 bridgehead atoms. The SMILES string of the molecule is CCOC(=O)[C@H](Cc1ccc(O)cc1)n1c(O)cc(O)c1O. The zero-order chi connectivity index (χ0) is 16.3. The third kappa shape index (κ3) is 3.08. The summed E-state index contributed by atoms with van der Waals surface area (Å²) in [5.41, 5.74) is 0.683. The summed E-state index contributed by atoms with van der Waals surface area (Å²) in [6.07, 6.45) is 0.106. The van der Waals surface area contributed by atoms with Gasteiger partial charge in [-0.1, -0.05) is 12.1 Å². The van der Waals surface area contributed by atoms with E-state index in [1.54, 1.807) is 19.1 Å². The van der Waals surface area contributed by atoms with Crippen LogP contribution in [0.25, 0.3) is 0 Å². The van der Waals surface area contributed by atoms with Crippen LogP contribution < -0.4 is 0 Å². The molecule has 1 atom stereocenters. The smallest absolute Gasteiger partial charge is 0.329 e. The van der Waals surface area contributed by atoms with E-state index in [4.69, 9.17) is 4.74 Å². The molecule has 0 amide bonds. The lowest BCUT2D eigenvalue weighted by atomic mass is 10.1. The van der Waals surface area contributed by atoms with Gasteiger partial charge in [0, 0.05) is 12.5 Å². The second-order valence-corrected chi connectivity index (χ2v) is 4.72. The molecule has 4 N–H and O–H groups in total. The second-order valence-electron chi connectivity index (χ2n) is 4.72. The molecule has 7 nitrogen and oxygen atoms in total. The Balaban J connectivity index is 2.38. The van der Waals surface area contributed by atoms with Crippen LogP contribution in [0.4, 0.5) is 0 Å². The van der Waals surface area contributed by atoms with Crippen LogP contribution in [0.2, 0.25) is 0 Å². The molecule has 0 unspecified atom stereocenters. The van der Waals surface area contributed by atoms with Gasteiger partial charge >= 0.3 is 5.97 Å². The Morgan fingerprint density at radius 2 is 1.82 bits per heavy atom. The quantitative estimate of drug-likeness (QED) is 0.625. The van der Waals surface area contributed by atoms with E-state index < -0.39 is 29.5 Å². The number of phenols is 1. The van der Waals surface area contributed by atoms with Crippen molar-refractivity contribution in [1.29, 1.82) is 0 Å². The molecular formula is C15H17NO6. The molecule has 0 radical (unpaired) electrons. The molecule has 1 heterocycles. The number of hydrogen-bond acceptors (Lipinski definition) is 6. The molecule has 2 aromatic rings. The van der Waals surface area contributed by atoms with Crippen LogP contribution in [0, 0.1) is 0 Å². The van der Waals surface area contributed by atoms with Crippen molar-refractivity contribution in [2.24, 2.45) is 0 Å². The van der Waals surface area contributed by atoms with E-state index in [0.29, 0.717) is 5.56 Å². The van der Waals surface area contributed by atoms with Crippen LogP contribution in [0.15, 0.2) is 30.3 Å². The van der Waals surface area contributed by atoms with Crippen LogP contribution in [-0.2, 0) is 16.0 Å². The number of esters is 1. The van der Waals surface area contributed by atoms with Gasteiger partial charge in [-0.15, -0.1) is 0 Å². The summed E-state index contributed by atoms with van der Waals surface area (Å²) in [5, 5.41) is 38.4. The molecule has 22 heavy (non-hydrogen) atoms. The van der Waals surface area contributed by atoms with E-state index in [0.717, 1.165) is 10.6 Å². The summed E-state index contributed by atoms with van der Waals surface area (Å²) in [7, 11) is 0. The summed E-state index contributed by atoms with van der Waals surface area (Å²) in [5.74, 6) is -2.17. The minimum absolute atomic E-state index is 0.0840. The van der Waals surface area contributed by atoms with Crippen molar-refractivity contribution in [2.45, 2.75) is 19.4 Å². The molecule has 118 valence electrons. The highest BCUT2D eigenvalue weighted by atomic mass is 16.5. The van der Waals surface area contributed by atoms with E-state index in [1.807, 2.05) is 0 Å². The number of nitrogens with zero attached hydrogens (tertiary/aromatic N) is 1. The third-order valence-corrected chi connectivity index (χ3v) is 3.21. The van der Waals surface area contributed by atoms with Crippen molar-refractivity contribution in [3.8, 4) is 23.3 Å². The minimum atomic E-state index is -1.05. The highest BCUT2D eigenvalue weighted by Gasteiger charge is 2.28. The first-order chi connectivity index (χ1) is 10.4. The van der Waals surface area contributed by atoms with Crippen LogP contribution >= 0.6 is 0 Å². The fourth-order valence-corrected chi connectivity index (χ4v) is 2.17. The van der Waals surface area contributed by atoms with Crippen molar-refractivity contribution >= 4 is 5.97 Å². The monoisotopic (exact) mass is 307 g/mol. The molecule has 0 spiro atoms. The van der Waals surface area contributed by atoms with Gasteiger partial charge in [-0.2, -0.15) is 0 Å². The van der Waals surface area contributed by atoms with Gasteiger partial charge in [0.15, 0.2) is 11.6 Å². The number of aromatic nitrogens is 1. The van der Waals surface area contributed by atoms with Crippen LogP contribution in [-0.4, -0.2) is 37.6 Å². The zero-order valence-electron chi connectivity index (χ0n) is 11.9. The van der Waals surface area contributed by atoms with Gasteiger partial charge in [-0.05, 0) is 24.6 Å². The lowest BCUT2D eigenvalue weighted by Gasteiger charge is -2.19. The largest absolute Gasteiger partial charge is 0.508 e. The summed E-state index contributed by atoms with van der Waals surface area (Å²) in [6.45, 7) is 1.78. The predicted octanol–water partition coefficient (Wildman–Crippen LogP) is 1.66. The molecular weight excluding hydrogens is 290 g/mol. The molecule has 0 aliphatic carbocycles. The number of aromatic hydroxyl groups is 4. The fourth-order valence-electron chi connectivity index (χ4n) is 2.17. The number of rotatable bonds is 5. The van der Waals surface area contributed by atoms with Gasteiger partial charge in [0.1, 0.15) is 11.8 Å². The van der Waals surface area contributed by atoms with E-state index >= 15 is 0 Å². The summed E-state index contributed by atoms with van der Waals surface area (Å²) in [6, 6.07) is 6.04. The number of hydrogen-bond donors (Lipinski definition) is 4. The van der Waals surface area contributed by atoms with E-state index in [-0.39, 0.29) is 18.8 Å². The van der Waals surface area contributed by atoms with Crippen molar-refractivity contribution in [3.05, 3.63) is 35.9 Å². The van der Waals surface area contributed by atoms with Crippen LogP contribution in [0.3, 0.4) is 0 Å². The topological polar surface area (TPSA) is 112 Å². The first-order valence-electron chi connectivity index (χ1n) is 6.70. The third-order valence-electron chi connectivity index (χ3n) is 3.21. The summed E-state index contributed by atoms with van der Waals surface area (Å²) < 4.78 is 5.86. The first-order valence-corrected chi connectivity index (χ1v) is 6.70. The first kappa shape index (κ1) is 15.6. The fraction of sp³-hybridized carbons (Fsp3) is 0.267. The maximum atomic E-state index is 12.1. The maximum Gasteiger partial charge on any atom is 0.329 e. The van der Waals surface area contributed by atoms with Crippen molar-refractivity contribution in [2.75, 3.05) is 6.61 Å². The predicted molar refractivity (Wildman–Crippen MR) is 76.9 cm³/mol. The van der Waals surface area contributed by atoms with E-state index in [2.05, 4.69) is 0 Å². The number of phenolic OH excluding ortho intramolecular Hbond substituents is 1. The Bertz CT molecular complexity index is 661. The highest BCUT2D eigenvalue weighted by molar-refractivity contribution is 5.75. The molecule has 0 aliphatic rings. The molecule has 1 aromatic heterocycles. The van der Waals surface area contributed by atoms with Gasteiger partial charge in [-0.25, -0.2) is 4.79 Å². The van der Waals surface area contributed by atoms with E-state index in [1.165, 1.54) is 12.1 Å². The maximum absolute atomic E-state index is 12.1. The molecule has 0 aliphatic heterocycles. The Morgan fingerprint density at radius 3 is 2.32 bits per heavy atom. The molecule has 0 fully saturated rings. The van der Waals surface area contributed by atoms with Crippen molar-refractivity contribution < 1.29 is 30.0 Å². The molecule has 7 heteroatoms. The van der Waals surface area contributed by atoms with Gasteiger partial charge < -0.3 is 25.2 Å². The average molecular weight is 307 g/mol. The molecule has 0 saturated carbocycles. The van der Waals surface area contributed by atoms with Crippen LogP contribution in [0.1, 0.15) is 18.5 Å². The summed E-state index contributed by atoms with van der Waals surface area (Å²) >= 11 is 0. The van der Waals surface area contributed by atoms with Gasteiger partial charge in [0.25, 0.3) is 0 Å². The number of carbonyl (C=O) groups is 1. The Hall–Kier alpha value is -2.83. The second kappa shape index (κ2) is 6.30. The molecule has 0 saturated heterocycles. The minimum Gasteiger partial charge on any atom is -0.508 e. The average Bonchev–Trinajstić information content (AvgIpc) is 2.72. The molecule has 2 rings (SSSR count). The lowest BCUT2D eigenvalue weighted by molar-refractivity contribution is -0.147. The van der Waals surface area contributed by atoms with Gasteiger partial charge in [0.05, 0.1) is 6.61 Å². The Morgan fingerprint density at radius 1 is 1.18 bits per heavy atom. The lowest BCUT2D eigenvalue weighted by Crippen LogP contribution is -2.23. The molecule has 1 aromatic carbocycles. The van der Waals surface area contributed by atoms with Crippen molar-refractivity contribution in [1.82, 2.24) is 4.57 Å². The Labute approximate surface area is 126 Å². The number of benzene rings is 1. The Kier molecular flexibility index (Phi) is 4.45. The van der Waals surface area contributed by atoms with Crippen LogP contribution in [0.5, 0.6) is 23.3 Å². The number of carbonyl (C=O) groups excluding carboxylic acids is 1. The van der Waals surface area contributed by atoms with Gasteiger partial charge in [-0.3, -0.25) is 4.57 Å². The van der Waals surface area contributed by atoms with E-state index in [9.17, 15) is 25.2 Å². The highest BCUT2D eigenvalue weighted by Crippen LogP contribution is 2.37. The number of ether oxygens (including phenoxy) is 1. The summed E-state index contributed by atoms with van der Waals surface area (Å²) in [4.78, 5) is 12.1. The van der Waals surface area contributed by atoms with Gasteiger partial charge in [0.2, 0.25) is 5.88 Å².